The molecule has 7 nitrogen and oxygen atoms in total. The molecule has 0 aromatic heterocycles. The first-order valence-electron chi connectivity index (χ1n) is 9.87. The molecule has 0 atom stereocenters. The summed E-state index contributed by atoms with van der Waals surface area (Å²) in [6, 6.07) is 9.96. The summed E-state index contributed by atoms with van der Waals surface area (Å²) in [4.78, 5) is 14.6. The van der Waals surface area contributed by atoms with Gasteiger partial charge in [0.1, 0.15) is 6.54 Å². The second kappa shape index (κ2) is 8.95. The molecule has 30 heavy (non-hydrogen) atoms. The predicted octanol–water partition coefficient (Wildman–Crippen LogP) is 3.14. The van der Waals surface area contributed by atoms with Crippen LogP contribution in [-0.4, -0.2) is 53.1 Å². The lowest BCUT2D eigenvalue weighted by Gasteiger charge is -2.27. The van der Waals surface area contributed by atoms with Crippen LogP contribution in [0.4, 0.5) is 5.69 Å². The third-order valence-corrected chi connectivity index (χ3v) is 6.94. The molecule has 0 saturated carbocycles. The minimum absolute atomic E-state index is 0.0357. The second-order valence-electron chi connectivity index (χ2n) is 7.46. The average Bonchev–Trinajstić information content (AvgIpc) is 3.25. The number of ether oxygens (including phenoxy) is 2. The van der Waals surface area contributed by atoms with Crippen LogP contribution in [0.5, 0.6) is 11.5 Å². The van der Waals surface area contributed by atoms with Gasteiger partial charge in [-0.3, -0.25) is 9.10 Å². The van der Waals surface area contributed by atoms with Crippen LogP contribution >= 0.6 is 0 Å². The number of anilines is 1. The number of sulfonamides is 1. The molecule has 2 aromatic rings. The van der Waals surface area contributed by atoms with Gasteiger partial charge in [0.25, 0.3) is 10.0 Å². The van der Waals surface area contributed by atoms with Gasteiger partial charge in [0.15, 0.2) is 11.5 Å². The summed E-state index contributed by atoms with van der Waals surface area (Å²) >= 11 is 0. The van der Waals surface area contributed by atoms with E-state index in [0.717, 1.165) is 24.0 Å². The number of carbonyl (C=O) groups excluding carboxylic acids is 1. The summed E-state index contributed by atoms with van der Waals surface area (Å²) in [5.74, 6) is 0.545. The van der Waals surface area contributed by atoms with Crippen molar-refractivity contribution in [1.29, 1.82) is 0 Å². The lowest BCUT2D eigenvalue weighted by molar-refractivity contribution is -0.128. The Morgan fingerprint density at radius 2 is 1.57 bits per heavy atom. The van der Waals surface area contributed by atoms with E-state index in [1.807, 2.05) is 19.9 Å². The van der Waals surface area contributed by atoms with Gasteiger partial charge in [-0.2, -0.15) is 0 Å². The molecule has 162 valence electrons. The van der Waals surface area contributed by atoms with Gasteiger partial charge in [-0.1, -0.05) is 6.07 Å². The van der Waals surface area contributed by atoms with Crippen LogP contribution in [0.2, 0.25) is 0 Å². The van der Waals surface area contributed by atoms with Crippen LogP contribution in [0, 0.1) is 13.8 Å². The molecule has 1 saturated heterocycles. The Balaban J connectivity index is 2.06. The lowest BCUT2D eigenvalue weighted by atomic mass is 10.1. The van der Waals surface area contributed by atoms with Crippen LogP contribution in [0.15, 0.2) is 41.3 Å². The van der Waals surface area contributed by atoms with E-state index in [1.54, 1.807) is 23.1 Å². The highest BCUT2D eigenvalue weighted by Gasteiger charge is 2.30. The van der Waals surface area contributed by atoms with Gasteiger partial charge in [0, 0.05) is 19.2 Å². The Bertz CT molecular complexity index is 1010. The summed E-state index contributed by atoms with van der Waals surface area (Å²) in [5.41, 5.74) is 2.31. The van der Waals surface area contributed by atoms with Crippen molar-refractivity contribution in [1.82, 2.24) is 4.90 Å². The van der Waals surface area contributed by atoms with Gasteiger partial charge in [-0.15, -0.1) is 0 Å². The molecule has 8 heteroatoms. The van der Waals surface area contributed by atoms with Crippen molar-refractivity contribution in [3.63, 3.8) is 0 Å². The highest BCUT2D eigenvalue weighted by Crippen LogP contribution is 2.32. The SMILES string of the molecule is COc1ccc(S(=O)(=O)N(CC(=O)N2CCCC2)c2cc(C)cc(C)c2)cc1OC. The van der Waals surface area contributed by atoms with E-state index in [9.17, 15) is 13.2 Å². The molecular weight excluding hydrogens is 404 g/mol. The van der Waals surface area contributed by atoms with Crippen molar-refractivity contribution >= 4 is 21.6 Å². The first-order valence-corrected chi connectivity index (χ1v) is 11.3. The summed E-state index contributed by atoms with van der Waals surface area (Å²) in [7, 11) is -1.08. The normalized spacial score (nSPS) is 13.9. The number of aryl methyl sites for hydroxylation is 2. The molecule has 0 radical (unpaired) electrons. The quantitative estimate of drug-likeness (QED) is 0.672. The fourth-order valence-electron chi connectivity index (χ4n) is 3.70. The molecule has 1 fully saturated rings. The molecule has 0 bridgehead atoms. The van der Waals surface area contributed by atoms with E-state index >= 15 is 0 Å². The van der Waals surface area contributed by atoms with Crippen molar-refractivity contribution < 1.29 is 22.7 Å². The van der Waals surface area contributed by atoms with E-state index in [2.05, 4.69) is 0 Å². The number of methoxy groups -OCH3 is 2. The molecule has 0 aliphatic carbocycles. The van der Waals surface area contributed by atoms with Crippen LogP contribution in [0.25, 0.3) is 0 Å². The Morgan fingerprint density at radius 1 is 0.967 bits per heavy atom. The van der Waals surface area contributed by atoms with E-state index in [4.69, 9.17) is 9.47 Å². The topological polar surface area (TPSA) is 76.2 Å². The van der Waals surface area contributed by atoms with Crippen molar-refractivity contribution in [2.75, 3.05) is 38.2 Å². The Kier molecular flexibility index (Phi) is 6.55. The van der Waals surface area contributed by atoms with Crippen LogP contribution in [0.3, 0.4) is 0 Å². The third kappa shape index (κ3) is 4.53. The zero-order valence-corrected chi connectivity index (χ0v) is 18.7. The number of rotatable bonds is 7. The molecule has 0 spiro atoms. The van der Waals surface area contributed by atoms with Crippen LogP contribution in [-0.2, 0) is 14.8 Å². The van der Waals surface area contributed by atoms with Crippen LogP contribution < -0.4 is 13.8 Å². The Morgan fingerprint density at radius 3 is 2.13 bits per heavy atom. The average molecular weight is 433 g/mol. The summed E-state index contributed by atoms with van der Waals surface area (Å²) in [6.45, 7) is 4.88. The standard InChI is InChI=1S/C22H28N2O5S/c1-16-11-17(2)13-18(12-16)24(15-22(25)23-9-5-6-10-23)30(26,27)19-7-8-20(28-3)21(14-19)29-4/h7-8,11-14H,5-6,9-10,15H2,1-4H3. The fourth-order valence-corrected chi connectivity index (χ4v) is 5.12. The van der Waals surface area contributed by atoms with E-state index in [1.165, 1.54) is 30.7 Å². The molecule has 2 aromatic carbocycles. The number of carbonyl (C=O) groups is 1. The molecule has 3 rings (SSSR count). The van der Waals surface area contributed by atoms with Gasteiger partial charge < -0.3 is 14.4 Å². The van der Waals surface area contributed by atoms with E-state index < -0.39 is 10.0 Å². The molecular formula is C22H28N2O5S. The number of amides is 1. The number of hydrogen-bond acceptors (Lipinski definition) is 5. The number of nitrogens with zero attached hydrogens (tertiary/aromatic N) is 2. The van der Waals surface area contributed by atoms with E-state index in [-0.39, 0.29) is 17.3 Å². The zero-order chi connectivity index (χ0) is 21.9. The van der Waals surface area contributed by atoms with Crippen molar-refractivity contribution in [3.8, 4) is 11.5 Å². The molecule has 1 aliphatic rings. The number of likely N-dealkylation sites (tertiary alicyclic amines) is 1. The molecule has 0 N–H and O–H groups in total. The molecule has 1 heterocycles. The first-order chi connectivity index (χ1) is 14.3. The van der Waals surface area contributed by atoms with Gasteiger partial charge >= 0.3 is 0 Å². The maximum Gasteiger partial charge on any atom is 0.264 e. The summed E-state index contributed by atoms with van der Waals surface area (Å²) in [5, 5.41) is 0. The molecule has 1 aliphatic heterocycles. The highest BCUT2D eigenvalue weighted by molar-refractivity contribution is 7.92. The van der Waals surface area contributed by atoms with Crippen molar-refractivity contribution in [2.24, 2.45) is 0 Å². The molecule has 1 amide bonds. The largest absolute Gasteiger partial charge is 0.493 e. The minimum atomic E-state index is -4.02. The van der Waals surface area contributed by atoms with Gasteiger partial charge in [0.2, 0.25) is 5.91 Å². The maximum atomic E-state index is 13.6. The third-order valence-electron chi connectivity index (χ3n) is 5.18. The minimum Gasteiger partial charge on any atom is -0.493 e. The van der Waals surface area contributed by atoms with Crippen molar-refractivity contribution in [2.45, 2.75) is 31.6 Å². The monoisotopic (exact) mass is 432 g/mol. The van der Waals surface area contributed by atoms with E-state index in [0.29, 0.717) is 30.3 Å². The first kappa shape index (κ1) is 22.0. The van der Waals surface area contributed by atoms with Crippen molar-refractivity contribution in [3.05, 3.63) is 47.5 Å². The van der Waals surface area contributed by atoms with Gasteiger partial charge in [-0.25, -0.2) is 8.42 Å². The predicted molar refractivity (Wildman–Crippen MR) is 116 cm³/mol. The van der Waals surface area contributed by atoms with Gasteiger partial charge in [-0.05, 0) is 62.1 Å². The Labute approximate surface area is 178 Å². The summed E-state index contributed by atoms with van der Waals surface area (Å²) in [6.07, 6.45) is 1.88. The zero-order valence-electron chi connectivity index (χ0n) is 17.8. The smallest absolute Gasteiger partial charge is 0.264 e. The van der Waals surface area contributed by atoms with Crippen LogP contribution in [0.1, 0.15) is 24.0 Å². The number of benzene rings is 2. The Hall–Kier alpha value is -2.74. The fraction of sp³-hybridized carbons (Fsp3) is 0.409. The van der Waals surface area contributed by atoms with Gasteiger partial charge in [0.05, 0.1) is 24.8 Å². The number of hydrogen-bond donors (Lipinski definition) is 0. The second-order valence-corrected chi connectivity index (χ2v) is 9.32. The lowest BCUT2D eigenvalue weighted by Crippen LogP contribution is -2.42. The highest BCUT2D eigenvalue weighted by atomic mass is 32.2. The summed E-state index contributed by atoms with van der Waals surface area (Å²) < 4.78 is 38.9. The maximum absolute atomic E-state index is 13.6. The molecule has 0 unspecified atom stereocenters.